The highest BCUT2D eigenvalue weighted by molar-refractivity contribution is 7.98. The summed E-state index contributed by atoms with van der Waals surface area (Å²) in [6, 6.07) is 19.1. The van der Waals surface area contributed by atoms with Crippen LogP contribution in [0.3, 0.4) is 0 Å². The number of aliphatic hydroxyl groups excluding tert-OH is 1. The van der Waals surface area contributed by atoms with Crippen LogP contribution in [0.15, 0.2) is 64.4 Å². The molecule has 2 aromatic carbocycles. The highest BCUT2D eigenvalue weighted by atomic mass is 32.2. The first kappa shape index (κ1) is 23.8. The number of anilines is 1. The predicted octanol–water partition coefficient (Wildman–Crippen LogP) is 4.70. The van der Waals surface area contributed by atoms with Gasteiger partial charge in [-0.3, -0.25) is 0 Å². The average molecular weight is 484 g/mol. The van der Waals surface area contributed by atoms with E-state index in [9.17, 15) is 10.5 Å². The zero-order valence-electron chi connectivity index (χ0n) is 18.9. The second-order valence-corrected chi connectivity index (χ2v) is 8.49. The third kappa shape index (κ3) is 5.12. The fraction of sp³-hybridized carbons (Fsp3) is 0.154. The Labute approximate surface area is 206 Å². The molecule has 0 aliphatic rings. The maximum Gasteiger partial charge on any atom is 0.181 e. The van der Waals surface area contributed by atoms with Gasteiger partial charge in [-0.15, -0.1) is 0 Å². The molecule has 0 saturated heterocycles. The number of aryl methyl sites for hydroxylation is 1. The minimum Gasteiger partial charge on any atom is -0.491 e. The van der Waals surface area contributed by atoms with Crippen molar-refractivity contribution < 1.29 is 14.3 Å². The van der Waals surface area contributed by atoms with E-state index in [1.807, 2.05) is 31.2 Å². The number of nitrogens with zero attached hydrogens (tertiary/aromatic N) is 4. The first-order chi connectivity index (χ1) is 17.0. The van der Waals surface area contributed by atoms with Crippen molar-refractivity contribution in [2.24, 2.45) is 0 Å². The van der Waals surface area contributed by atoms with Gasteiger partial charge in [0, 0.05) is 16.9 Å². The SMILES string of the molecule is Cc1ccc(-c2ocnc2CSc2nc(N)c(C#N)c(-c3ccc(OCCO)cc3)c2C#N)cc1. The normalized spacial score (nSPS) is 10.5. The predicted molar refractivity (Wildman–Crippen MR) is 132 cm³/mol. The summed E-state index contributed by atoms with van der Waals surface area (Å²) in [5, 5.41) is 29.1. The van der Waals surface area contributed by atoms with Gasteiger partial charge in [-0.1, -0.05) is 53.7 Å². The van der Waals surface area contributed by atoms with Crippen LogP contribution in [-0.4, -0.2) is 28.3 Å². The van der Waals surface area contributed by atoms with E-state index in [0.717, 1.165) is 11.1 Å². The Hall–Kier alpha value is -4.31. The summed E-state index contributed by atoms with van der Waals surface area (Å²) in [5.74, 6) is 1.64. The zero-order chi connectivity index (χ0) is 24.8. The third-order valence-corrected chi connectivity index (χ3v) is 6.21. The number of thioether (sulfide) groups is 1. The van der Waals surface area contributed by atoms with Crippen molar-refractivity contribution in [2.75, 3.05) is 18.9 Å². The number of hydrogen-bond donors (Lipinski definition) is 2. The second-order valence-electron chi connectivity index (χ2n) is 7.53. The summed E-state index contributed by atoms with van der Waals surface area (Å²) in [4.78, 5) is 8.70. The van der Waals surface area contributed by atoms with Gasteiger partial charge in [-0.25, -0.2) is 9.97 Å². The number of aliphatic hydroxyl groups is 1. The highest BCUT2D eigenvalue weighted by Gasteiger charge is 2.21. The van der Waals surface area contributed by atoms with E-state index in [4.69, 9.17) is 20.0 Å². The molecule has 0 unspecified atom stereocenters. The van der Waals surface area contributed by atoms with Gasteiger partial charge in [0.05, 0.1) is 17.9 Å². The van der Waals surface area contributed by atoms with Gasteiger partial charge >= 0.3 is 0 Å². The lowest BCUT2D eigenvalue weighted by molar-refractivity contribution is 0.201. The lowest BCUT2D eigenvalue weighted by Crippen LogP contribution is -2.04. The molecule has 0 fully saturated rings. The third-order valence-electron chi connectivity index (χ3n) is 5.22. The Morgan fingerprint density at radius 1 is 1.03 bits per heavy atom. The number of aromatic nitrogens is 2. The van der Waals surface area contributed by atoms with Crippen molar-refractivity contribution in [2.45, 2.75) is 17.7 Å². The lowest BCUT2D eigenvalue weighted by atomic mass is 9.97. The number of rotatable bonds is 8. The Morgan fingerprint density at radius 3 is 2.37 bits per heavy atom. The lowest BCUT2D eigenvalue weighted by Gasteiger charge is -2.13. The van der Waals surface area contributed by atoms with Crippen LogP contribution in [0.4, 0.5) is 5.82 Å². The summed E-state index contributed by atoms with van der Waals surface area (Å²) in [6.45, 7) is 2.08. The van der Waals surface area contributed by atoms with Gasteiger partial charge in [0.15, 0.2) is 12.2 Å². The number of nitrogens with two attached hydrogens (primary N) is 1. The van der Waals surface area contributed by atoms with Crippen LogP contribution < -0.4 is 10.5 Å². The van der Waals surface area contributed by atoms with Crippen LogP contribution in [0.5, 0.6) is 5.75 Å². The maximum absolute atomic E-state index is 10.0. The van der Waals surface area contributed by atoms with E-state index >= 15 is 0 Å². The molecule has 8 nitrogen and oxygen atoms in total. The molecule has 2 aromatic heterocycles. The van der Waals surface area contributed by atoms with Crippen LogP contribution in [0.1, 0.15) is 22.4 Å². The van der Waals surface area contributed by atoms with Crippen molar-refractivity contribution in [1.29, 1.82) is 10.5 Å². The van der Waals surface area contributed by atoms with Gasteiger partial charge in [-0.2, -0.15) is 10.5 Å². The Kier molecular flexibility index (Phi) is 7.32. The van der Waals surface area contributed by atoms with Crippen LogP contribution in [-0.2, 0) is 5.75 Å². The van der Waals surface area contributed by atoms with Crippen molar-refractivity contribution in [3.63, 3.8) is 0 Å². The fourth-order valence-electron chi connectivity index (χ4n) is 3.52. The second kappa shape index (κ2) is 10.7. The fourth-order valence-corrected chi connectivity index (χ4v) is 4.46. The van der Waals surface area contributed by atoms with E-state index in [1.165, 1.54) is 18.2 Å². The highest BCUT2D eigenvalue weighted by Crippen LogP contribution is 2.38. The largest absolute Gasteiger partial charge is 0.491 e. The van der Waals surface area contributed by atoms with Gasteiger partial charge in [0.2, 0.25) is 0 Å². The molecule has 0 aliphatic heterocycles. The Bertz CT molecular complexity index is 1420. The molecule has 0 saturated carbocycles. The van der Waals surface area contributed by atoms with Crippen molar-refractivity contribution >= 4 is 17.6 Å². The summed E-state index contributed by atoms with van der Waals surface area (Å²) in [5.41, 5.74) is 10.3. The molecule has 0 aliphatic carbocycles. The number of pyridine rings is 1. The number of ether oxygens (including phenoxy) is 1. The van der Waals surface area contributed by atoms with Gasteiger partial charge in [-0.05, 0) is 24.6 Å². The summed E-state index contributed by atoms with van der Waals surface area (Å²) in [7, 11) is 0. The Balaban J connectivity index is 1.68. The smallest absolute Gasteiger partial charge is 0.181 e. The van der Waals surface area contributed by atoms with Gasteiger partial charge in [0.1, 0.15) is 40.9 Å². The molecule has 0 spiro atoms. The first-order valence-electron chi connectivity index (χ1n) is 10.7. The quantitative estimate of drug-likeness (QED) is 0.341. The van der Waals surface area contributed by atoms with Crippen LogP contribution >= 0.6 is 11.8 Å². The van der Waals surface area contributed by atoms with Crippen LogP contribution in [0.2, 0.25) is 0 Å². The summed E-state index contributed by atoms with van der Waals surface area (Å²) < 4.78 is 11.0. The van der Waals surface area contributed by atoms with Gasteiger partial charge < -0.3 is 20.0 Å². The molecule has 35 heavy (non-hydrogen) atoms. The molecule has 0 atom stereocenters. The standard InChI is InChI=1S/C26H21N5O3S/c1-16-2-4-18(5-3-16)24-22(30-15-34-24)14-35-26-21(13-28)23(20(12-27)25(29)31-26)17-6-8-19(9-7-17)33-11-10-32/h2-9,15,32H,10-11,14H2,1H3,(H2,29,31). The summed E-state index contributed by atoms with van der Waals surface area (Å²) >= 11 is 1.30. The van der Waals surface area contributed by atoms with Crippen molar-refractivity contribution in [3.05, 3.63) is 77.3 Å². The molecular formula is C26H21N5O3S. The Morgan fingerprint density at radius 2 is 1.71 bits per heavy atom. The van der Waals surface area contributed by atoms with E-state index in [-0.39, 0.29) is 30.2 Å². The van der Waals surface area contributed by atoms with Crippen molar-refractivity contribution in [3.8, 4) is 40.3 Å². The molecule has 3 N–H and O–H groups in total. The monoisotopic (exact) mass is 483 g/mol. The maximum atomic E-state index is 10.0. The van der Waals surface area contributed by atoms with Crippen LogP contribution in [0, 0.1) is 29.6 Å². The van der Waals surface area contributed by atoms with E-state index in [1.54, 1.807) is 24.3 Å². The topological polar surface area (TPSA) is 142 Å². The number of nitriles is 2. The summed E-state index contributed by atoms with van der Waals surface area (Å²) in [6.07, 6.45) is 1.39. The zero-order valence-corrected chi connectivity index (χ0v) is 19.7. The van der Waals surface area contributed by atoms with E-state index in [0.29, 0.717) is 39.1 Å². The molecule has 9 heteroatoms. The number of hydrogen-bond acceptors (Lipinski definition) is 9. The average Bonchev–Trinajstić information content (AvgIpc) is 3.35. The molecular weight excluding hydrogens is 462 g/mol. The number of oxazole rings is 1. The van der Waals surface area contributed by atoms with Crippen LogP contribution in [0.25, 0.3) is 22.5 Å². The minimum atomic E-state index is -0.0997. The molecule has 2 heterocycles. The minimum absolute atomic E-state index is 0.0449. The number of benzene rings is 2. The molecule has 0 bridgehead atoms. The number of nitrogen functional groups attached to an aromatic ring is 1. The van der Waals surface area contributed by atoms with Crippen molar-refractivity contribution in [1.82, 2.24) is 9.97 Å². The van der Waals surface area contributed by atoms with Gasteiger partial charge in [0.25, 0.3) is 0 Å². The molecule has 174 valence electrons. The molecule has 0 radical (unpaired) electrons. The van der Waals surface area contributed by atoms with E-state index < -0.39 is 0 Å². The molecule has 4 aromatic rings. The molecule has 4 rings (SSSR count). The molecule has 0 amide bonds. The first-order valence-corrected chi connectivity index (χ1v) is 11.6. The van der Waals surface area contributed by atoms with E-state index in [2.05, 4.69) is 22.1 Å².